The molecule has 0 aliphatic carbocycles. The maximum atomic E-state index is 12.5. The van der Waals surface area contributed by atoms with E-state index in [-0.39, 0.29) is 12.5 Å². The predicted molar refractivity (Wildman–Crippen MR) is 74.5 cm³/mol. The topological polar surface area (TPSA) is 66.5 Å². The normalized spacial score (nSPS) is 17.9. The van der Waals surface area contributed by atoms with Gasteiger partial charge in [0, 0.05) is 10.6 Å². The van der Waals surface area contributed by atoms with Crippen molar-refractivity contribution in [1.29, 1.82) is 0 Å². The first-order valence-corrected chi connectivity index (χ1v) is 6.53. The van der Waals surface area contributed by atoms with Gasteiger partial charge in [0.25, 0.3) is 11.8 Å². The third-order valence-electron chi connectivity index (χ3n) is 3.44. The van der Waals surface area contributed by atoms with E-state index in [0.717, 1.165) is 5.56 Å². The Labute approximate surface area is 121 Å². The number of benzene rings is 1. The van der Waals surface area contributed by atoms with Crippen LogP contribution in [0.25, 0.3) is 0 Å². The summed E-state index contributed by atoms with van der Waals surface area (Å²) in [5.74, 6) is -1.32. The maximum absolute atomic E-state index is 12.5. The Morgan fingerprint density at radius 1 is 1.35 bits per heavy atom. The summed E-state index contributed by atoms with van der Waals surface area (Å²) in [4.78, 5) is 37.1. The molecule has 1 saturated heterocycles. The quantitative estimate of drug-likeness (QED) is 0.799. The summed E-state index contributed by atoms with van der Waals surface area (Å²) in [6.45, 7) is 4.86. The molecule has 1 N–H and O–H groups in total. The molecule has 1 aromatic carbocycles. The number of piperazine rings is 1. The zero-order valence-electron chi connectivity index (χ0n) is 11.5. The van der Waals surface area contributed by atoms with Gasteiger partial charge >= 0.3 is 0 Å². The van der Waals surface area contributed by atoms with Gasteiger partial charge in [-0.2, -0.15) is 0 Å². The minimum absolute atomic E-state index is 0.140. The first-order valence-electron chi connectivity index (χ1n) is 6.16. The van der Waals surface area contributed by atoms with Crippen molar-refractivity contribution >= 4 is 29.3 Å². The summed E-state index contributed by atoms with van der Waals surface area (Å²) in [6, 6.07) is 4.87. The zero-order valence-corrected chi connectivity index (χ0v) is 12.2. The second kappa shape index (κ2) is 4.90. The number of nitrogens with one attached hydrogen (secondary N) is 1. The summed E-state index contributed by atoms with van der Waals surface area (Å²) < 4.78 is 0. The molecule has 3 amide bonds. The van der Waals surface area contributed by atoms with Crippen molar-refractivity contribution in [3.8, 4) is 0 Å². The standard InChI is InChI=1S/C14H15ClN2O3/c1-8-6-9(4-5-10(8)15)12(19)17-7-11(18)16-13(20)14(17,2)3/h4-6H,7H2,1-3H3,(H,16,18,20). The Kier molecular flexibility index (Phi) is 3.56. The number of halogens is 1. The monoisotopic (exact) mass is 294 g/mol. The van der Waals surface area contributed by atoms with Gasteiger partial charge in [0.2, 0.25) is 5.91 Å². The first-order chi connectivity index (χ1) is 9.23. The van der Waals surface area contributed by atoms with Crippen molar-refractivity contribution in [2.24, 2.45) is 0 Å². The van der Waals surface area contributed by atoms with E-state index in [2.05, 4.69) is 5.32 Å². The van der Waals surface area contributed by atoms with E-state index in [0.29, 0.717) is 10.6 Å². The molecule has 1 heterocycles. The number of rotatable bonds is 1. The fourth-order valence-corrected chi connectivity index (χ4v) is 2.16. The molecule has 1 aliphatic rings. The highest BCUT2D eigenvalue weighted by Gasteiger charge is 2.43. The zero-order chi connectivity index (χ0) is 15.1. The molecule has 1 aliphatic heterocycles. The van der Waals surface area contributed by atoms with Crippen molar-refractivity contribution in [3.63, 3.8) is 0 Å². The van der Waals surface area contributed by atoms with Gasteiger partial charge in [-0.3, -0.25) is 19.7 Å². The van der Waals surface area contributed by atoms with Crippen LogP contribution in [0.4, 0.5) is 0 Å². The molecule has 0 unspecified atom stereocenters. The molecular weight excluding hydrogens is 280 g/mol. The van der Waals surface area contributed by atoms with Crippen LogP contribution in [-0.2, 0) is 9.59 Å². The molecule has 0 radical (unpaired) electrons. The van der Waals surface area contributed by atoms with E-state index in [1.165, 1.54) is 4.90 Å². The van der Waals surface area contributed by atoms with Crippen molar-refractivity contribution in [1.82, 2.24) is 10.2 Å². The molecule has 0 spiro atoms. The predicted octanol–water partition coefficient (Wildman–Crippen LogP) is 1.53. The largest absolute Gasteiger partial charge is 0.315 e. The first kappa shape index (κ1) is 14.5. The van der Waals surface area contributed by atoms with Gasteiger partial charge in [-0.25, -0.2) is 0 Å². The van der Waals surface area contributed by atoms with E-state index in [9.17, 15) is 14.4 Å². The summed E-state index contributed by atoms with van der Waals surface area (Å²) in [7, 11) is 0. The molecule has 0 bridgehead atoms. The highest BCUT2D eigenvalue weighted by atomic mass is 35.5. The molecule has 0 aromatic heterocycles. The van der Waals surface area contributed by atoms with Crippen molar-refractivity contribution in [3.05, 3.63) is 34.3 Å². The second-order valence-corrected chi connectivity index (χ2v) is 5.70. The van der Waals surface area contributed by atoms with Gasteiger partial charge in [-0.15, -0.1) is 0 Å². The lowest BCUT2D eigenvalue weighted by atomic mass is 9.97. The molecule has 0 saturated carbocycles. The number of carbonyl (C=O) groups excluding carboxylic acids is 3. The van der Waals surface area contributed by atoms with Crippen LogP contribution < -0.4 is 5.32 Å². The molecular formula is C14H15ClN2O3. The minimum Gasteiger partial charge on any atom is -0.315 e. The van der Waals surface area contributed by atoms with E-state index < -0.39 is 17.4 Å². The molecule has 5 nitrogen and oxygen atoms in total. The van der Waals surface area contributed by atoms with Crippen LogP contribution in [0.5, 0.6) is 0 Å². The molecule has 1 aromatic rings. The molecule has 6 heteroatoms. The van der Waals surface area contributed by atoms with Crippen molar-refractivity contribution in [2.45, 2.75) is 26.3 Å². The summed E-state index contributed by atoms with van der Waals surface area (Å²) in [5.41, 5.74) is 0.101. The molecule has 106 valence electrons. The average Bonchev–Trinajstić information content (AvgIpc) is 2.36. The van der Waals surface area contributed by atoms with Crippen LogP contribution in [0.2, 0.25) is 5.02 Å². The van der Waals surface area contributed by atoms with Crippen LogP contribution in [0.3, 0.4) is 0 Å². The smallest absolute Gasteiger partial charge is 0.255 e. The number of nitrogens with zero attached hydrogens (tertiary/aromatic N) is 1. The lowest BCUT2D eigenvalue weighted by molar-refractivity contribution is -0.143. The van der Waals surface area contributed by atoms with Gasteiger partial charge in [-0.05, 0) is 44.5 Å². The number of amides is 3. The SMILES string of the molecule is Cc1cc(C(=O)N2CC(=O)NC(=O)C2(C)C)ccc1Cl. The van der Waals surface area contributed by atoms with Crippen LogP contribution in [0.15, 0.2) is 18.2 Å². The van der Waals surface area contributed by atoms with Crippen molar-refractivity contribution in [2.75, 3.05) is 6.54 Å². The summed E-state index contributed by atoms with van der Waals surface area (Å²) in [6.07, 6.45) is 0. The van der Waals surface area contributed by atoms with Crippen molar-refractivity contribution < 1.29 is 14.4 Å². The van der Waals surface area contributed by atoms with Crippen LogP contribution in [0, 0.1) is 6.92 Å². The fourth-order valence-electron chi connectivity index (χ4n) is 2.04. The van der Waals surface area contributed by atoms with Crippen LogP contribution in [0.1, 0.15) is 29.8 Å². The van der Waals surface area contributed by atoms with Crippen LogP contribution >= 0.6 is 11.6 Å². The van der Waals surface area contributed by atoms with Gasteiger partial charge in [0.1, 0.15) is 12.1 Å². The second-order valence-electron chi connectivity index (χ2n) is 5.29. The van der Waals surface area contributed by atoms with E-state index in [1.54, 1.807) is 39.0 Å². The maximum Gasteiger partial charge on any atom is 0.255 e. The summed E-state index contributed by atoms with van der Waals surface area (Å²) >= 11 is 5.93. The van der Waals surface area contributed by atoms with E-state index in [4.69, 9.17) is 11.6 Å². The Bertz CT molecular complexity index is 610. The van der Waals surface area contributed by atoms with Gasteiger partial charge < -0.3 is 4.90 Å². The lowest BCUT2D eigenvalue weighted by Gasteiger charge is -2.40. The Hall–Kier alpha value is -1.88. The highest BCUT2D eigenvalue weighted by Crippen LogP contribution is 2.23. The Balaban J connectivity index is 2.38. The minimum atomic E-state index is -1.07. The van der Waals surface area contributed by atoms with E-state index >= 15 is 0 Å². The van der Waals surface area contributed by atoms with Gasteiger partial charge in [0.15, 0.2) is 0 Å². The number of imide groups is 1. The Morgan fingerprint density at radius 3 is 2.60 bits per heavy atom. The summed E-state index contributed by atoms with van der Waals surface area (Å²) in [5, 5.41) is 2.80. The van der Waals surface area contributed by atoms with E-state index in [1.807, 2.05) is 0 Å². The average molecular weight is 295 g/mol. The van der Waals surface area contributed by atoms with Gasteiger partial charge in [-0.1, -0.05) is 11.6 Å². The third kappa shape index (κ3) is 2.41. The highest BCUT2D eigenvalue weighted by molar-refractivity contribution is 6.31. The lowest BCUT2D eigenvalue weighted by Crippen LogP contribution is -2.65. The Morgan fingerprint density at radius 2 is 2.00 bits per heavy atom. The molecule has 20 heavy (non-hydrogen) atoms. The van der Waals surface area contributed by atoms with Crippen LogP contribution in [-0.4, -0.2) is 34.7 Å². The molecule has 1 fully saturated rings. The fraction of sp³-hybridized carbons (Fsp3) is 0.357. The number of hydrogen-bond acceptors (Lipinski definition) is 3. The number of carbonyl (C=O) groups is 3. The third-order valence-corrected chi connectivity index (χ3v) is 3.86. The number of hydrogen-bond donors (Lipinski definition) is 1. The molecule has 2 rings (SSSR count). The number of aryl methyl sites for hydroxylation is 1. The molecule has 0 atom stereocenters. The van der Waals surface area contributed by atoms with Gasteiger partial charge in [0.05, 0.1) is 0 Å².